The number of carbonyl (C=O) groups is 2. The molecule has 1 amide bonds. The molecule has 0 aromatic rings. The van der Waals surface area contributed by atoms with Gasteiger partial charge in [0.2, 0.25) is 6.29 Å². The fourth-order valence-electron chi connectivity index (χ4n) is 1.56. The summed E-state index contributed by atoms with van der Waals surface area (Å²) in [6.07, 6.45) is 4.14. The predicted molar refractivity (Wildman–Crippen MR) is 49.4 cm³/mol. The Labute approximate surface area is 78.3 Å². The minimum absolute atomic E-state index is 0.316. The lowest BCUT2D eigenvalue weighted by atomic mass is 10.1. The SMILES string of the molecule is O=CC(=O)NCCN1CCCCC1. The van der Waals surface area contributed by atoms with Gasteiger partial charge in [0.25, 0.3) is 5.91 Å². The number of hydrogen-bond acceptors (Lipinski definition) is 3. The number of hydrogen-bond donors (Lipinski definition) is 1. The monoisotopic (exact) mass is 184 g/mol. The number of aldehydes is 1. The van der Waals surface area contributed by atoms with Gasteiger partial charge in [0, 0.05) is 13.1 Å². The smallest absolute Gasteiger partial charge is 0.284 e. The van der Waals surface area contributed by atoms with E-state index in [0.717, 1.165) is 19.6 Å². The van der Waals surface area contributed by atoms with E-state index in [0.29, 0.717) is 12.8 Å². The topological polar surface area (TPSA) is 49.4 Å². The standard InChI is InChI=1S/C9H16N2O2/c12-8-9(13)10-4-7-11-5-2-1-3-6-11/h8H,1-7H2,(H,10,13). The van der Waals surface area contributed by atoms with Gasteiger partial charge >= 0.3 is 0 Å². The van der Waals surface area contributed by atoms with Crippen LogP contribution < -0.4 is 5.32 Å². The average Bonchev–Trinajstić information content (AvgIpc) is 2.19. The molecule has 1 aliphatic heterocycles. The van der Waals surface area contributed by atoms with Crippen molar-refractivity contribution in [1.82, 2.24) is 10.2 Å². The normalized spacial score (nSPS) is 18.2. The maximum atomic E-state index is 10.6. The molecule has 1 heterocycles. The van der Waals surface area contributed by atoms with Gasteiger partial charge in [-0.25, -0.2) is 0 Å². The molecule has 0 aliphatic carbocycles. The molecule has 0 unspecified atom stereocenters. The third-order valence-corrected chi connectivity index (χ3v) is 2.28. The molecule has 1 aliphatic rings. The van der Waals surface area contributed by atoms with Crippen LogP contribution in [0.2, 0.25) is 0 Å². The van der Waals surface area contributed by atoms with Crippen molar-refractivity contribution in [3.05, 3.63) is 0 Å². The second kappa shape index (κ2) is 5.70. The van der Waals surface area contributed by atoms with E-state index in [1.807, 2.05) is 0 Å². The van der Waals surface area contributed by atoms with E-state index >= 15 is 0 Å². The molecule has 1 fully saturated rings. The molecule has 4 nitrogen and oxygen atoms in total. The fourth-order valence-corrected chi connectivity index (χ4v) is 1.56. The maximum Gasteiger partial charge on any atom is 0.284 e. The molecular weight excluding hydrogens is 168 g/mol. The molecule has 0 radical (unpaired) electrons. The van der Waals surface area contributed by atoms with E-state index in [4.69, 9.17) is 0 Å². The van der Waals surface area contributed by atoms with Crippen LogP contribution in [0, 0.1) is 0 Å². The molecule has 0 bridgehead atoms. The zero-order chi connectivity index (χ0) is 9.52. The van der Waals surface area contributed by atoms with Crippen LogP contribution in [0.3, 0.4) is 0 Å². The van der Waals surface area contributed by atoms with Crippen LogP contribution in [0.15, 0.2) is 0 Å². The lowest BCUT2D eigenvalue weighted by Crippen LogP contribution is -2.37. The summed E-state index contributed by atoms with van der Waals surface area (Å²) in [4.78, 5) is 22.8. The Morgan fingerprint density at radius 2 is 2.00 bits per heavy atom. The highest BCUT2D eigenvalue weighted by atomic mass is 16.2. The average molecular weight is 184 g/mol. The molecule has 0 aromatic carbocycles. The van der Waals surface area contributed by atoms with Crippen molar-refractivity contribution in [1.29, 1.82) is 0 Å². The second-order valence-electron chi connectivity index (χ2n) is 3.31. The van der Waals surface area contributed by atoms with Gasteiger partial charge in [-0.3, -0.25) is 9.59 Å². The number of carbonyl (C=O) groups excluding carboxylic acids is 2. The predicted octanol–water partition coefficient (Wildman–Crippen LogP) is -0.213. The highest BCUT2D eigenvalue weighted by Gasteiger charge is 2.09. The van der Waals surface area contributed by atoms with Gasteiger partial charge < -0.3 is 10.2 Å². The van der Waals surface area contributed by atoms with Crippen LogP contribution in [-0.4, -0.2) is 43.3 Å². The van der Waals surface area contributed by atoms with Crippen molar-refractivity contribution in [2.45, 2.75) is 19.3 Å². The van der Waals surface area contributed by atoms with Crippen LogP contribution >= 0.6 is 0 Å². The first-order chi connectivity index (χ1) is 6.33. The van der Waals surface area contributed by atoms with Crippen LogP contribution in [-0.2, 0) is 9.59 Å². The Kier molecular flexibility index (Phi) is 4.46. The molecule has 0 aromatic heterocycles. The molecule has 4 heteroatoms. The van der Waals surface area contributed by atoms with Crippen molar-refractivity contribution >= 4 is 12.2 Å². The zero-order valence-corrected chi connectivity index (χ0v) is 7.79. The van der Waals surface area contributed by atoms with Gasteiger partial charge in [0.1, 0.15) is 0 Å². The quantitative estimate of drug-likeness (QED) is 0.486. The number of likely N-dealkylation sites (tertiary alicyclic amines) is 1. The summed E-state index contributed by atoms with van der Waals surface area (Å²) in [5.74, 6) is -0.517. The number of rotatable bonds is 4. The third-order valence-electron chi connectivity index (χ3n) is 2.28. The van der Waals surface area contributed by atoms with Crippen molar-refractivity contribution in [3.63, 3.8) is 0 Å². The molecular formula is C9H16N2O2. The molecule has 1 saturated heterocycles. The van der Waals surface area contributed by atoms with Gasteiger partial charge in [-0.2, -0.15) is 0 Å². The van der Waals surface area contributed by atoms with E-state index in [-0.39, 0.29) is 0 Å². The van der Waals surface area contributed by atoms with E-state index in [1.165, 1.54) is 19.3 Å². The summed E-state index contributed by atoms with van der Waals surface area (Å²) in [6, 6.07) is 0. The summed E-state index contributed by atoms with van der Waals surface area (Å²) < 4.78 is 0. The van der Waals surface area contributed by atoms with E-state index in [9.17, 15) is 9.59 Å². The van der Waals surface area contributed by atoms with Crippen molar-refractivity contribution in [3.8, 4) is 0 Å². The van der Waals surface area contributed by atoms with E-state index in [2.05, 4.69) is 10.2 Å². The lowest BCUT2D eigenvalue weighted by molar-refractivity contribution is -0.131. The fraction of sp³-hybridized carbons (Fsp3) is 0.778. The molecule has 74 valence electrons. The summed E-state index contributed by atoms with van der Waals surface area (Å²) >= 11 is 0. The Balaban J connectivity index is 2.04. The van der Waals surface area contributed by atoms with Gasteiger partial charge in [0.05, 0.1) is 0 Å². The molecule has 0 atom stereocenters. The third kappa shape index (κ3) is 4.03. The van der Waals surface area contributed by atoms with E-state index < -0.39 is 5.91 Å². The summed E-state index contributed by atoms with van der Waals surface area (Å²) in [6.45, 7) is 3.69. The van der Waals surface area contributed by atoms with Crippen molar-refractivity contribution in [2.75, 3.05) is 26.2 Å². The molecule has 1 rings (SSSR count). The first kappa shape index (κ1) is 10.2. The van der Waals surface area contributed by atoms with Crippen molar-refractivity contribution < 1.29 is 9.59 Å². The first-order valence-electron chi connectivity index (χ1n) is 4.78. The summed E-state index contributed by atoms with van der Waals surface area (Å²) in [5.41, 5.74) is 0. The zero-order valence-electron chi connectivity index (χ0n) is 7.79. The summed E-state index contributed by atoms with van der Waals surface area (Å²) in [5, 5.41) is 2.53. The minimum atomic E-state index is -0.517. The Morgan fingerprint density at radius 3 is 2.62 bits per heavy atom. The summed E-state index contributed by atoms with van der Waals surface area (Å²) in [7, 11) is 0. The highest BCUT2D eigenvalue weighted by molar-refractivity contribution is 6.23. The highest BCUT2D eigenvalue weighted by Crippen LogP contribution is 2.06. The number of amides is 1. The molecule has 13 heavy (non-hydrogen) atoms. The molecule has 0 spiro atoms. The van der Waals surface area contributed by atoms with Gasteiger partial charge in [-0.15, -0.1) is 0 Å². The Hall–Kier alpha value is -0.900. The number of nitrogens with one attached hydrogen (secondary N) is 1. The molecule has 1 N–H and O–H groups in total. The van der Waals surface area contributed by atoms with Crippen LogP contribution in [0.4, 0.5) is 0 Å². The van der Waals surface area contributed by atoms with Crippen LogP contribution in [0.1, 0.15) is 19.3 Å². The molecule has 0 saturated carbocycles. The van der Waals surface area contributed by atoms with E-state index in [1.54, 1.807) is 0 Å². The first-order valence-corrected chi connectivity index (χ1v) is 4.78. The Morgan fingerprint density at radius 1 is 1.31 bits per heavy atom. The Bertz CT molecular complexity index is 176. The van der Waals surface area contributed by atoms with Gasteiger partial charge in [-0.05, 0) is 25.9 Å². The van der Waals surface area contributed by atoms with Crippen molar-refractivity contribution in [2.24, 2.45) is 0 Å². The maximum absolute atomic E-state index is 10.6. The largest absolute Gasteiger partial charge is 0.348 e. The van der Waals surface area contributed by atoms with Crippen LogP contribution in [0.5, 0.6) is 0 Å². The van der Waals surface area contributed by atoms with Gasteiger partial charge in [0.15, 0.2) is 0 Å². The number of nitrogens with zero attached hydrogens (tertiary/aromatic N) is 1. The second-order valence-corrected chi connectivity index (χ2v) is 3.31. The lowest BCUT2D eigenvalue weighted by Gasteiger charge is -2.26. The minimum Gasteiger partial charge on any atom is -0.348 e. The number of piperidine rings is 1. The van der Waals surface area contributed by atoms with Crippen LogP contribution in [0.25, 0.3) is 0 Å². The van der Waals surface area contributed by atoms with Gasteiger partial charge in [-0.1, -0.05) is 6.42 Å².